The van der Waals surface area contributed by atoms with Crippen LogP contribution < -0.4 is 0 Å². The number of nitrogens with zero attached hydrogens (tertiary/aromatic N) is 2. The number of benzene rings is 1. The number of hydrogen-bond acceptors (Lipinski definition) is 4. The number of carbonyl (C=O) groups is 1. The molecule has 2 aliphatic carbocycles. The molecule has 33 heavy (non-hydrogen) atoms. The van der Waals surface area contributed by atoms with E-state index in [4.69, 9.17) is 0 Å². The van der Waals surface area contributed by atoms with Crippen molar-refractivity contribution in [2.45, 2.75) is 76.0 Å². The van der Waals surface area contributed by atoms with Gasteiger partial charge in [0.1, 0.15) is 0 Å². The molecule has 2 saturated carbocycles. The predicted molar refractivity (Wildman–Crippen MR) is 122 cm³/mol. The molecule has 2 aliphatic rings. The second-order valence-electron chi connectivity index (χ2n) is 9.63. The van der Waals surface area contributed by atoms with E-state index in [9.17, 15) is 23.1 Å². The zero-order valence-corrected chi connectivity index (χ0v) is 19.5. The van der Waals surface area contributed by atoms with Gasteiger partial charge in [-0.05, 0) is 67.6 Å². The monoisotopic (exact) mass is 480 g/mol. The molecule has 0 radical (unpaired) electrons. The second-order valence-corrected chi connectivity index (χ2v) is 10.3. The highest BCUT2D eigenvalue weighted by Crippen LogP contribution is 2.42. The van der Waals surface area contributed by atoms with E-state index in [0.29, 0.717) is 12.3 Å². The van der Waals surface area contributed by atoms with E-state index in [1.165, 1.54) is 25.7 Å². The first-order valence-electron chi connectivity index (χ1n) is 11.8. The van der Waals surface area contributed by atoms with Crippen molar-refractivity contribution in [2.24, 2.45) is 11.8 Å². The molecule has 0 saturated heterocycles. The number of aromatic nitrogens is 1. The van der Waals surface area contributed by atoms with Gasteiger partial charge in [-0.2, -0.15) is 13.2 Å². The zero-order valence-electron chi connectivity index (χ0n) is 18.6. The van der Waals surface area contributed by atoms with E-state index in [0.717, 1.165) is 49.3 Å². The molecule has 8 heteroatoms. The number of halogens is 3. The minimum absolute atomic E-state index is 0.00502. The first-order chi connectivity index (χ1) is 15.8. The van der Waals surface area contributed by atoms with Gasteiger partial charge in [0.25, 0.3) is 0 Å². The van der Waals surface area contributed by atoms with Crippen molar-refractivity contribution in [1.82, 2.24) is 9.88 Å². The summed E-state index contributed by atoms with van der Waals surface area (Å²) in [5.41, 5.74) is 3.08. The van der Waals surface area contributed by atoms with Gasteiger partial charge in [-0.3, -0.25) is 9.69 Å². The van der Waals surface area contributed by atoms with Gasteiger partial charge in [-0.25, -0.2) is 4.98 Å². The normalized spacial score (nSPS) is 24.4. The van der Waals surface area contributed by atoms with Crippen LogP contribution in [0.2, 0.25) is 0 Å². The molecule has 0 spiro atoms. The lowest BCUT2D eigenvalue weighted by atomic mass is 9.72. The first-order valence-corrected chi connectivity index (χ1v) is 12.7. The molecular weight excluding hydrogens is 449 g/mol. The molecule has 1 N–H and O–H groups in total. The smallest absolute Gasteiger partial charge is 0.416 e. The van der Waals surface area contributed by atoms with E-state index in [1.807, 2.05) is 5.51 Å². The number of hydrogen-bond donors (Lipinski definition) is 1. The molecule has 4 nitrogen and oxygen atoms in total. The lowest BCUT2D eigenvalue weighted by molar-refractivity contribution is -0.139. The van der Waals surface area contributed by atoms with E-state index >= 15 is 0 Å². The molecule has 0 bridgehead atoms. The van der Waals surface area contributed by atoms with Crippen LogP contribution in [0.4, 0.5) is 13.2 Å². The summed E-state index contributed by atoms with van der Waals surface area (Å²) in [6.45, 7) is 1.69. The Bertz CT molecular complexity index is 895. The standard InChI is InChI=1S/C25H31F3N2O2S/c26-25(27,28)20-8-6-19(7-9-20)22-11-18(12-24(31)32)5-10-23(22)30(13-17-3-1-2-4-17)14-21-15-33-16-29-21/h6-9,15-18,22-23H,1-5,10-14H2,(H,31,32)/t18-,22+,23-/m1/s1. The molecule has 3 atom stereocenters. The largest absolute Gasteiger partial charge is 0.481 e. The average molecular weight is 481 g/mol. The summed E-state index contributed by atoms with van der Waals surface area (Å²) in [4.78, 5) is 18.4. The van der Waals surface area contributed by atoms with Crippen molar-refractivity contribution < 1.29 is 23.1 Å². The zero-order chi connectivity index (χ0) is 23.4. The van der Waals surface area contributed by atoms with Gasteiger partial charge in [-0.15, -0.1) is 11.3 Å². The Balaban J connectivity index is 1.61. The van der Waals surface area contributed by atoms with Gasteiger partial charge in [0, 0.05) is 30.9 Å². The van der Waals surface area contributed by atoms with Crippen molar-refractivity contribution >= 4 is 17.3 Å². The number of alkyl halides is 3. The molecular formula is C25H31F3N2O2S. The van der Waals surface area contributed by atoms with Crippen LogP contribution >= 0.6 is 11.3 Å². The quantitative estimate of drug-likeness (QED) is 0.464. The fourth-order valence-corrected chi connectivity index (χ4v) is 6.30. The van der Waals surface area contributed by atoms with Crippen LogP contribution in [0.3, 0.4) is 0 Å². The highest BCUT2D eigenvalue weighted by molar-refractivity contribution is 7.07. The third-order valence-electron chi connectivity index (χ3n) is 7.34. The number of carboxylic acid groups (broad SMARTS) is 1. The molecule has 4 rings (SSSR count). The van der Waals surface area contributed by atoms with Gasteiger partial charge in [0.15, 0.2) is 0 Å². The van der Waals surface area contributed by atoms with E-state index in [1.54, 1.807) is 23.5 Å². The summed E-state index contributed by atoms with van der Waals surface area (Å²) >= 11 is 1.57. The molecule has 1 aromatic heterocycles. The number of carboxylic acids is 1. The SMILES string of the molecule is O=C(O)C[C@@H]1CC[C@@H](N(Cc2cscn2)CC2CCCC2)[C@H](c2ccc(C(F)(F)F)cc2)C1. The Kier molecular flexibility index (Phi) is 7.74. The van der Waals surface area contributed by atoms with Gasteiger partial charge >= 0.3 is 12.1 Å². The molecule has 1 aromatic carbocycles. The van der Waals surface area contributed by atoms with Crippen LogP contribution in [0.1, 0.15) is 74.1 Å². The van der Waals surface area contributed by atoms with E-state index in [-0.39, 0.29) is 24.3 Å². The van der Waals surface area contributed by atoms with Crippen molar-refractivity contribution in [3.63, 3.8) is 0 Å². The lowest BCUT2D eigenvalue weighted by Gasteiger charge is -2.43. The lowest BCUT2D eigenvalue weighted by Crippen LogP contribution is -2.44. The van der Waals surface area contributed by atoms with Gasteiger partial charge < -0.3 is 5.11 Å². The Morgan fingerprint density at radius 2 is 1.82 bits per heavy atom. The third-order valence-corrected chi connectivity index (χ3v) is 7.97. The summed E-state index contributed by atoms with van der Waals surface area (Å²) in [6, 6.07) is 5.68. The molecule has 0 unspecified atom stereocenters. The van der Waals surface area contributed by atoms with Crippen molar-refractivity contribution in [2.75, 3.05) is 6.54 Å². The summed E-state index contributed by atoms with van der Waals surface area (Å²) < 4.78 is 39.4. The number of thiazole rings is 1. The summed E-state index contributed by atoms with van der Waals surface area (Å²) in [5, 5.41) is 11.4. The van der Waals surface area contributed by atoms with E-state index < -0.39 is 17.7 Å². The topological polar surface area (TPSA) is 53.4 Å². The van der Waals surface area contributed by atoms with Crippen molar-refractivity contribution in [3.05, 3.63) is 52.0 Å². The molecule has 0 amide bonds. The van der Waals surface area contributed by atoms with Crippen LogP contribution in [-0.2, 0) is 17.5 Å². The maximum atomic E-state index is 13.1. The predicted octanol–water partition coefficient (Wildman–Crippen LogP) is 6.58. The number of rotatable bonds is 8. The summed E-state index contributed by atoms with van der Waals surface area (Å²) in [5.74, 6) is -0.132. The van der Waals surface area contributed by atoms with Crippen LogP contribution in [0.5, 0.6) is 0 Å². The Labute approximate surface area is 196 Å². The Morgan fingerprint density at radius 1 is 1.09 bits per heavy atom. The summed E-state index contributed by atoms with van der Waals surface area (Å²) in [7, 11) is 0. The molecule has 2 aromatic rings. The maximum Gasteiger partial charge on any atom is 0.416 e. The average Bonchev–Trinajstić information content (AvgIpc) is 3.47. The van der Waals surface area contributed by atoms with Crippen LogP contribution in [0.25, 0.3) is 0 Å². The van der Waals surface area contributed by atoms with Gasteiger partial charge in [0.05, 0.1) is 16.8 Å². The fraction of sp³-hybridized carbons (Fsp3) is 0.600. The third kappa shape index (κ3) is 6.35. The minimum atomic E-state index is -4.37. The van der Waals surface area contributed by atoms with Crippen LogP contribution in [0, 0.1) is 11.8 Å². The van der Waals surface area contributed by atoms with Crippen LogP contribution in [0.15, 0.2) is 35.2 Å². The highest BCUT2D eigenvalue weighted by atomic mass is 32.1. The van der Waals surface area contributed by atoms with E-state index in [2.05, 4.69) is 15.3 Å². The van der Waals surface area contributed by atoms with Gasteiger partial charge in [-0.1, -0.05) is 25.0 Å². The minimum Gasteiger partial charge on any atom is -0.481 e. The fourth-order valence-electron chi connectivity index (χ4n) is 5.75. The first kappa shape index (κ1) is 24.2. The summed E-state index contributed by atoms with van der Waals surface area (Å²) in [6.07, 6.45) is 3.03. The highest BCUT2D eigenvalue weighted by Gasteiger charge is 2.38. The molecule has 1 heterocycles. The maximum absolute atomic E-state index is 13.1. The van der Waals surface area contributed by atoms with Crippen molar-refractivity contribution in [1.29, 1.82) is 0 Å². The Hall–Kier alpha value is -1.93. The van der Waals surface area contributed by atoms with Crippen LogP contribution in [-0.4, -0.2) is 33.5 Å². The molecule has 180 valence electrons. The second kappa shape index (κ2) is 10.6. The number of aliphatic carboxylic acids is 1. The van der Waals surface area contributed by atoms with Crippen molar-refractivity contribution in [3.8, 4) is 0 Å². The van der Waals surface area contributed by atoms with Gasteiger partial charge in [0.2, 0.25) is 0 Å². The molecule has 2 fully saturated rings. The molecule has 0 aliphatic heterocycles. The Morgan fingerprint density at radius 3 is 2.42 bits per heavy atom.